The van der Waals surface area contributed by atoms with Crippen molar-refractivity contribution in [2.45, 2.75) is 26.7 Å². The zero-order chi connectivity index (χ0) is 14.8. The van der Waals surface area contributed by atoms with Gasteiger partial charge in [0, 0.05) is 26.7 Å². The molecule has 0 heterocycles. The quantitative estimate of drug-likeness (QED) is 0.597. The molecule has 1 atom stereocenters. The number of aliphatic hydroxyl groups excluding tert-OH is 1. The molecule has 0 spiro atoms. The van der Waals surface area contributed by atoms with Crippen molar-refractivity contribution in [2.75, 3.05) is 39.8 Å². The van der Waals surface area contributed by atoms with Crippen LogP contribution in [0.4, 0.5) is 0 Å². The highest BCUT2D eigenvalue weighted by atomic mass is 16.4. The normalized spacial score (nSPS) is 12.5. The molecule has 0 saturated carbocycles. The van der Waals surface area contributed by atoms with E-state index in [4.69, 9.17) is 10.2 Å². The van der Waals surface area contributed by atoms with Crippen LogP contribution in [-0.2, 0) is 9.59 Å². The number of carbonyl (C=O) groups excluding carboxylic acids is 1. The number of unbranched alkanes of at least 4 members (excludes halogenated alkanes) is 1. The van der Waals surface area contributed by atoms with E-state index in [2.05, 4.69) is 6.92 Å². The number of carboxylic acids is 1. The molecule has 0 rings (SSSR count). The van der Waals surface area contributed by atoms with Crippen molar-refractivity contribution in [1.29, 1.82) is 0 Å². The lowest BCUT2D eigenvalue weighted by molar-refractivity contribution is -0.142. The molecule has 6 nitrogen and oxygen atoms in total. The van der Waals surface area contributed by atoms with Gasteiger partial charge >= 0.3 is 5.97 Å². The lowest BCUT2D eigenvalue weighted by Gasteiger charge is -2.25. The molecule has 0 aliphatic carbocycles. The Hall–Kier alpha value is -1.14. The van der Waals surface area contributed by atoms with Crippen LogP contribution in [0.3, 0.4) is 0 Å². The second-order valence-electron chi connectivity index (χ2n) is 4.87. The highest BCUT2D eigenvalue weighted by molar-refractivity contribution is 5.78. The van der Waals surface area contributed by atoms with Gasteiger partial charge in [-0.15, -0.1) is 0 Å². The molecule has 112 valence electrons. The molecule has 1 unspecified atom stereocenters. The Morgan fingerprint density at radius 1 is 1.26 bits per heavy atom. The number of nitrogens with zero attached hydrogens (tertiary/aromatic N) is 2. The molecule has 0 fully saturated rings. The fourth-order valence-electron chi connectivity index (χ4n) is 1.67. The van der Waals surface area contributed by atoms with E-state index in [1.165, 1.54) is 0 Å². The van der Waals surface area contributed by atoms with E-state index in [9.17, 15) is 9.59 Å². The molecule has 2 N–H and O–H groups in total. The number of likely N-dealkylation sites (N-methyl/N-ethyl adjacent to an activating group) is 1. The fraction of sp³-hybridized carbons (Fsp3) is 0.846. The predicted molar refractivity (Wildman–Crippen MR) is 72.9 cm³/mol. The van der Waals surface area contributed by atoms with Crippen LogP contribution in [0.5, 0.6) is 0 Å². The highest BCUT2D eigenvalue weighted by Crippen LogP contribution is 2.02. The maximum absolute atomic E-state index is 11.9. The first-order chi connectivity index (χ1) is 8.92. The molecule has 0 aliphatic rings. The summed E-state index contributed by atoms with van der Waals surface area (Å²) in [6.07, 6.45) is 1.97. The van der Waals surface area contributed by atoms with Gasteiger partial charge in [-0.05, 0) is 6.42 Å². The summed E-state index contributed by atoms with van der Waals surface area (Å²) in [6.45, 7) is 5.00. The smallest absolute Gasteiger partial charge is 0.307 e. The third-order valence-electron chi connectivity index (χ3n) is 3.00. The average Bonchev–Trinajstić information content (AvgIpc) is 2.35. The van der Waals surface area contributed by atoms with Crippen molar-refractivity contribution in [2.24, 2.45) is 5.92 Å². The van der Waals surface area contributed by atoms with Gasteiger partial charge in [0.2, 0.25) is 5.91 Å². The molecule has 1 amide bonds. The van der Waals surface area contributed by atoms with E-state index in [1.54, 1.807) is 23.8 Å². The van der Waals surface area contributed by atoms with Crippen LogP contribution in [-0.4, -0.2) is 71.7 Å². The lowest BCUT2D eigenvalue weighted by Crippen LogP contribution is -2.42. The van der Waals surface area contributed by atoms with E-state index in [0.717, 1.165) is 12.8 Å². The summed E-state index contributed by atoms with van der Waals surface area (Å²) in [6, 6.07) is 0. The van der Waals surface area contributed by atoms with E-state index >= 15 is 0 Å². The van der Waals surface area contributed by atoms with Crippen LogP contribution in [0.1, 0.15) is 26.7 Å². The Morgan fingerprint density at radius 2 is 1.89 bits per heavy atom. The Kier molecular flexibility index (Phi) is 9.16. The number of hydrogen-bond donors (Lipinski definition) is 2. The Bertz CT molecular complexity index is 284. The Balaban J connectivity index is 4.32. The van der Waals surface area contributed by atoms with Gasteiger partial charge < -0.3 is 15.1 Å². The minimum absolute atomic E-state index is 0.0421. The molecule has 0 bridgehead atoms. The van der Waals surface area contributed by atoms with E-state index in [1.807, 2.05) is 0 Å². The van der Waals surface area contributed by atoms with Crippen LogP contribution >= 0.6 is 0 Å². The number of rotatable bonds is 10. The molecule has 0 radical (unpaired) electrons. The molecule has 0 aliphatic heterocycles. The lowest BCUT2D eigenvalue weighted by atomic mass is 10.1. The van der Waals surface area contributed by atoms with Gasteiger partial charge in [-0.1, -0.05) is 20.3 Å². The van der Waals surface area contributed by atoms with Crippen molar-refractivity contribution >= 4 is 11.9 Å². The van der Waals surface area contributed by atoms with E-state index in [0.29, 0.717) is 13.1 Å². The third kappa shape index (κ3) is 7.79. The van der Waals surface area contributed by atoms with Crippen LogP contribution in [0.2, 0.25) is 0 Å². The summed E-state index contributed by atoms with van der Waals surface area (Å²) in [7, 11) is 1.75. The van der Waals surface area contributed by atoms with Crippen molar-refractivity contribution in [3.63, 3.8) is 0 Å². The minimum Gasteiger partial charge on any atom is -0.481 e. The van der Waals surface area contributed by atoms with Gasteiger partial charge in [-0.2, -0.15) is 0 Å². The summed E-state index contributed by atoms with van der Waals surface area (Å²) >= 11 is 0. The number of aliphatic hydroxyl groups is 1. The molecule has 0 aromatic carbocycles. The molecule has 0 saturated heterocycles. The SMILES string of the molecule is CCCCN(C)C(=O)CN(CCO)CC(C)C(=O)O. The maximum Gasteiger partial charge on any atom is 0.307 e. The van der Waals surface area contributed by atoms with Gasteiger partial charge in [-0.3, -0.25) is 14.5 Å². The van der Waals surface area contributed by atoms with Gasteiger partial charge in [0.15, 0.2) is 0 Å². The van der Waals surface area contributed by atoms with Crippen LogP contribution in [0.15, 0.2) is 0 Å². The van der Waals surface area contributed by atoms with Crippen molar-refractivity contribution in [3.8, 4) is 0 Å². The second-order valence-corrected chi connectivity index (χ2v) is 4.87. The maximum atomic E-state index is 11.9. The first kappa shape index (κ1) is 17.9. The second kappa shape index (κ2) is 9.75. The third-order valence-corrected chi connectivity index (χ3v) is 3.00. The molecule has 19 heavy (non-hydrogen) atoms. The van der Waals surface area contributed by atoms with Gasteiger partial charge in [0.25, 0.3) is 0 Å². The van der Waals surface area contributed by atoms with Gasteiger partial charge in [0.05, 0.1) is 19.1 Å². The molecule has 6 heteroatoms. The van der Waals surface area contributed by atoms with Crippen LogP contribution in [0, 0.1) is 5.92 Å². The van der Waals surface area contributed by atoms with Crippen molar-refractivity contribution in [3.05, 3.63) is 0 Å². The summed E-state index contributed by atoms with van der Waals surface area (Å²) in [5.74, 6) is -1.49. The van der Waals surface area contributed by atoms with E-state index in [-0.39, 0.29) is 25.6 Å². The number of carbonyl (C=O) groups is 2. The zero-order valence-corrected chi connectivity index (χ0v) is 12.1. The summed E-state index contributed by atoms with van der Waals surface area (Å²) < 4.78 is 0. The van der Waals surface area contributed by atoms with Gasteiger partial charge in [-0.25, -0.2) is 0 Å². The van der Waals surface area contributed by atoms with Gasteiger partial charge in [0.1, 0.15) is 0 Å². The topological polar surface area (TPSA) is 81.1 Å². The molecule has 0 aromatic heterocycles. The number of aliphatic carboxylic acids is 1. The molecule has 0 aromatic rings. The first-order valence-electron chi connectivity index (χ1n) is 6.72. The predicted octanol–water partition coefficient (Wildman–Crippen LogP) is 0.260. The number of hydrogen-bond acceptors (Lipinski definition) is 4. The first-order valence-corrected chi connectivity index (χ1v) is 6.72. The zero-order valence-electron chi connectivity index (χ0n) is 12.1. The van der Waals surface area contributed by atoms with Crippen LogP contribution in [0.25, 0.3) is 0 Å². The van der Waals surface area contributed by atoms with Crippen molar-refractivity contribution < 1.29 is 19.8 Å². The monoisotopic (exact) mass is 274 g/mol. The standard InChI is InChI=1S/C13H26N2O4/c1-4-5-6-14(3)12(17)10-15(7-8-16)9-11(2)13(18)19/h11,16H,4-10H2,1-3H3,(H,18,19). The average molecular weight is 274 g/mol. The largest absolute Gasteiger partial charge is 0.481 e. The molecular formula is C13H26N2O4. The fourth-order valence-corrected chi connectivity index (χ4v) is 1.67. The highest BCUT2D eigenvalue weighted by Gasteiger charge is 2.19. The molecular weight excluding hydrogens is 248 g/mol. The minimum atomic E-state index is -0.894. The van der Waals surface area contributed by atoms with E-state index < -0.39 is 11.9 Å². The number of carboxylic acid groups (broad SMARTS) is 1. The summed E-state index contributed by atoms with van der Waals surface area (Å²) in [4.78, 5) is 26.1. The Morgan fingerprint density at radius 3 is 2.37 bits per heavy atom. The summed E-state index contributed by atoms with van der Waals surface area (Å²) in [5, 5.41) is 17.8. The van der Waals surface area contributed by atoms with Crippen LogP contribution < -0.4 is 0 Å². The van der Waals surface area contributed by atoms with Crippen molar-refractivity contribution in [1.82, 2.24) is 9.80 Å². The Labute approximate surface area is 115 Å². The number of amides is 1. The summed E-state index contributed by atoms with van der Waals surface area (Å²) in [5.41, 5.74) is 0.